The van der Waals surface area contributed by atoms with Crippen LogP contribution in [0.1, 0.15) is 16.7 Å². The Hall–Kier alpha value is -4.77. The lowest BCUT2D eigenvalue weighted by Gasteiger charge is -2.12. The Bertz CT molecular complexity index is 1290. The van der Waals surface area contributed by atoms with Crippen molar-refractivity contribution in [1.29, 1.82) is 5.26 Å². The normalized spacial score (nSPS) is 10.8. The van der Waals surface area contributed by atoms with Crippen molar-refractivity contribution in [3.8, 4) is 11.8 Å². The minimum absolute atomic E-state index is 0.000395. The number of carbonyl (C=O) groups excluding carboxylic acids is 1. The third-order valence-corrected chi connectivity index (χ3v) is 4.79. The number of nitrogens with one attached hydrogen (secondary N) is 1. The van der Waals surface area contributed by atoms with Crippen molar-refractivity contribution < 1.29 is 18.8 Å². The van der Waals surface area contributed by atoms with Crippen molar-refractivity contribution in [3.63, 3.8) is 0 Å². The zero-order chi connectivity index (χ0) is 24.5. The van der Waals surface area contributed by atoms with Crippen LogP contribution in [0.4, 0.5) is 15.8 Å². The Kier molecular flexibility index (Phi) is 7.87. The average Bonchev–Trinajstić information content (AvgIpc) is 2.83. The molecule has 3 rings (SSSR count). The highest BCUT2D eigenvalue weighted by atomic mass is 19.1. The van der Waals surface area contributed by atoms with Crippen LogP contribution in [0.2, 0.25) is 0 Å². The Labute approximate surface area is 195 Å². The summed E-state index contributed by atoms with van der Waals surface area (Å²) < 4.78 is 19.7. The lowest BCUT2D eigenvalue weighted by atomic mass is 10.0. The molecule has 1 amide bonds. The monoisotopic (exact) mass is 457 g/mol. The van der Waals surface area contributed by atoms with E-state index < -0.39 is 16.6 Å². The van der Waals surface area contributed by atoms with Crippen LogP contribution in [0.5, 0.6) is 5.75 Å². The van der Waals surface area contributed by atoms with Gasteiger partial charge in [0.05, 0.1) is 10.6 Å². The van der Waals surface area contributed by atoms with Gasteiger partial charge in [0.1, 0.15) is 29.8 Å². The molecule has 0 saturated heterocycles. The van der Waals surface area contributed by atoms with Gasteiger partial charge in [0, 0.05) is 12.1 Å². The summed E-state index contributed by atoms with van der Waals surface area (Å²) in [5.41, 5.74) is 1.91. The fourth-order valence-corrected chi connectivity index (χ4v) is 3.09. The first kappa shape index (κ1) is 23.9. The first-order valence-corrected chi connectivity index (χ1v) is 10.2. The quantitative estimate of drug-likeness (QED) is 0.148. The minimum atomic E-state index is -0.726. The number of halogens is 1. The number of ether oxygens (including phenoxy) is 1. The average molecular weight is 457 g/mol. The van der Waals surface area contributed by atoms with Crippen LogP contribution in [0.15, 0.2) is 85.0 Å². The predicted octanol–water partition coefficient (Wildman–Crippen LogP) is 5.59. The number of nitro benzene ring substituents is 1. The molecule has 8 heteroatoms. The minimum Gasteiger partial charge on any atom is -0.489 e. The largest absolute Gasteiger partial charge is 0.489 e. The second-order valence-electron chi connectivity index (χ2n) is 7.18. The molecule has 170 valence electrons. The van der Waals surface area contributed by atoms with Crippen LogP contribution >= 0.6 is 0 Å². The van der Waals surface area contributed by atoms with Gasteiger partial charge in [-0.2, -0.15) is 5.26 Å². The van der Waals surface area contributed by atoms with E-state index in [4.69, 9.17) is 4.74 Å². The third-order valence-electron chi connectivity index (χ3n) is 4.79. The second kappa shape index (κ2) is 11.2. The summed E-state index contributed by atoms with van der Waals surface area (Å²) in [6.07, 6.45) is 3.57. The number of nitrogens with zero attached hydrogens (tertiary/aromatic N) is 2. The number of allylic oxidation sites excluding steroid dienone is 1. The molecule has 0 aromatic heterocycles. The Morgan fingerprint density at radius 1 is 1.18 bits per heavy atom. The molecule has 0 aliphatic carbocycles. The Balaban J connectivity index is 1.77. The van der Waals surface area contributed by atoms with Crippen molar-refractivity contribution in [2.45, 2.75) is 13.0 Å². The summed E-state index contributed by atoms with van der Waals surface area (Å²) in [4.78, 5) is 22.8. The number of hydrogen-bond donors (Lipinski definition) is 1. The van der Waals surface area contributed by atoms with E-state index in [1.54, 1.807) is 42.5 Å². The number of nitro groups is 1. The van der Waals surface area contributed by atoms with Crippen LogP contribution in [-0.4, -0.2) is 10.8 Å². The third kappa shape index (κ3) is 6.14. The highest BCUT2D eigenvalue weighted by Gasteiger charge is 2.13. The highest BCUT2D eigenvalue weighted by Crippen LogP contribution is 2.24. The van der Waals surface area contributed by atoms with Gasteiger partial charge in [-0.1, -0.05) is 24.3 Å². The molecule has 0 atom stereocenters. The summed E-state index contributed by atoms with van der Waals surface area (Å²) in [6, 6.07) is 18.8. The Morgan fingerprint density at radius 3 is 2.56 bits per heavy atom. The topological polar surface area (TPSA) is 105 Å². The van der Waals surface area contributed by atoms with Gasteiger partial charge in [-0.05, 0) is 65.6 Å². The molecule has 3 aromatic carbocycles. The van der Waals surface area contributed by atoms with Crippen LogP contribution in [-0.2, 0) is 17.8 Å². The summed E-state index contributed by atoms with van der Waals surface area (Å²) in [5.74, 6) is -0.753. The van der Waals surface area contributed by atoms with Gasteiger partial charge in [-0.15, -0.1) is 6.58 Å². The first-order chi connectivity index (χ1) is 16.4. The molecule has 0 aliphatic heterocycles. The fraction of sp³-hybridized carbons (Fsp3) is 0.0769. The maximum absolute atomic E-state index is 13.8. The van der Waals surface area contributed by atoms with E-state index in [0.29, 0.717) is 17.7 Å². The molecule has 0 heterocycles. The molecular weight excluding hydrogens is 437 g/mol. The van der Waals surface area contributed by atoms with Crippen molar-refractivity contribution in [1.82, 2.24) is 0 Å². The Morgan fingerprint density at radius 2 is 1.91 bits per heavy atom. The number of nitriles is 1. The van der Waals surface area contributed by atoms with E-state index in [2.05, 4.69) is 11.9 Å². The smallest absolute Gasteiger partial charge is 0.269 e. The van der Waals surface area contributed by atoms with Gasteiger partial charge < -0.3 is 10.1 Å². The van der Waals surface area contributed by atoms with Gasteiger partial charge in [0.15, 0.2) is 0 Å². The number of benzene rings is 3. The van der Waals surface area contributed by atoms with Crippen molar-refractivity contribution in [2.24, 2.45) is 0 Å². The number of amides is 1. The SMILES string of the molecule is C=CCc1cc(/C=C(/C#N)C(=O)Nc2ccccc2F)ccc1OCc1ccc([N+](=O)[O-])cc1. The van der Waals surface area contributed by atoms with Crippen LogP contribution in [0.25, 0.3) is 6.08 Å². The van der Waals surface area contributed by atoms with Crippen molar-refractivity contribution in [2.75, 3.05) is 5.32 Å². The first-order valence-electron chi connectivity index (χ1n) is 10.2. The molecule has 3 aromatic rings. The second-order valence-corrected chi connectivity index (χ2v) is 7.18. The van der Waals surface area contributed by atoms with Crippen LogP contribution in [0.3, 0.4) is 0 Å². The molecule has 0 bridgehead atoms. The lowest BCUT2D eigenvalue weighted by Crippen LogP contribution is -2.14. The number of rotatable bonds is 9. The zero-order valence-corrected chi connectivity index (χ0v) is 18.0. The predicted molar refractivity (Wildman–Crippen MR) is 126 cm³/mol. The van der Waals surface area contributed by atoms with E-state index in [9.17, 15) is 24.6 Å². The maximum atomic E-state index is 13.8. The van der Waals surface area contributed by atoms with Gasteiger partial charge in [0.25, 0.3) is 11.6 Å². The van der Waals surface area contributed by atoms with Crippen LogP contribution in [0, 0.1) is 27.3 Å². The summed E-state index contributed by atoms with van der Waals surface area (Å²) in [5, 5.41) is 22.6. The van der Waals surface area contributed by atoms with Crippen molar-refractivity contribution in [3.05, 3.63) is 118 Å². The van der Waals surface area contributed by atoms with E-state index in [0.717, 1.165) is 11.1 Å². The summed E-state index contributed by atoms with van der Waals surface area (Å²) in [7, 11) is 0. The molecule has 0 unspecified atom stereocenters. The fourth-order valence-electron chi connectivity index (χ4n) is 3.09. The van der Waals surface area contributed by atoms with Crippen LogP contribution < -0.4 is 10.1 Å². The molecule has 0 spiro atoms. The molecule has 7 nitrogen and oxygen atoms in total. The lowest BCUT2D eigenvalue weighted by molar-refractivity contribution is -0.384. The van der Waals surface area contributed by atoms with E-state index in [-0.39, 0.29) is 23.6 Å². The number of hydrogen-bond acceptors (Lipinski definition) is 5. The standard InChI is InChI=1S/C26H20FN3O4/c1-2-5-20-14-19(15-21(16-28)26(31)29-24-7-4-3-6-23(24)27)10-13-25(20)34-17-18-8-11-22(12-9-18)30(32)33/h2-4,6-15H,1,5,17H2,(H,29,31)/b21-15-. The van der Waals surface area contributed by atoms with Gasteiger partial charge in [-0.25, -0.2) is 4.39 Å². The number of anilines is 1. The zero-order valence-electron chi connectivity index (χ0n) is 18.0. The molecule has 0 fully saturated rings. The highest BCUT2D eigenvalue weighted by molar-refractivity contribution is 6.09. The number of non-ortho nitro benzene ring substituents is 1. The van der Waals surface area contributed by atoms with Crippen molar-refractivity contribution >= 4 is 23.4 Å². The van der Waals surface area contributed by atoms with E-state index >= 15 is 0 Å². The summed E-state index contributed by atoms with van der Waals surface area (Å²) in [6.45, 7) is 3.95. The van der Waals surface area contributed by atoms with E-state index in [1.165, 1.54) is 36.4 Å². The molecule has 0 saturated carbocycles. The van der Waals surface area contributed by atoms with Gasteiger partial charge >= 0.3 is 0 Å². The summed E-state index contributed by atoms with van der Waals surface area (Å²) >= 11 is 0. The van der Waals surface area contributed by atoms with Gasteiger partial charge in [0.2, 0.25) is 0 Å². The molecular formula is C26H20FN3O4. The molecule has 34 heavy (non-hydrogen) atoms. The molecule has 0 radical (unpaired) electrons. The molecule has 1 N–H and O–H groups in total. The van der Waals surface area contributed by atoms with E-state index in [1.807, 2.05) is 6.07 Å². The molecule has 0 aliphatic rings. The number of para-hydroxylation sites is 1. The maximum Gasteiger partial charge on any atom is 0.269 e. The number of carbonyl (C=O) groups is 1. The van der Waals surface area contributed by atoms with Gasteiger partial charge in [-0.3, -0.25) is 14.9 Å².